The van der Waals surface area contributed by atoms with Gasteiger partial charge in [-0.05, 0) is 0 Å². The third-order valence-electron chi connectivity index (χ3n) is 1.82. The van der Waals surface area contributed by atoms with Crippen LogP contribution in [0, 0.1) is 0 Å². The van der Waals surface area contributed by atoms with Crippen LogP contribution < -0.4 is 4.90 Å². The van der Waals surface area contributed by atoms with Crippen molar-refractivity contribution in [1.29, 1.82) is 0 Å². The molecule has 1 fully saturated rings. The topological polar surface area (TPSA) is 51.1 Å². The first kappa shape index (κ1) is 8.65. The number of anilines is 1. The molecule has 0 saturated carbocycles. The number of rotatable bonds is 1. The van der Waals surface area contributed by atoms with E-state index < -0.39 is 0 Å². The highest BCUT2D eigenvalue weighted by atomic mass is 35.5. The standard InChI is InChI=1S/C7H9ClN4O/c8-6-5-9-7(11-10-6)12-1-3-13-4-2-12/h5H,1-4H2. The van der Waals surface area contributed by atoms with Gasteiger partial charge in [0.05, 0.1) is 19.4 Å². The summed E-state index contributed by atoms with van der Waals surface area (Å²) in [5, 5.41) is 7.92. The molecule has 0 amide bonds. The van der Waals surface area contributed by atoms with Gasteiger partial charge in [0.15, 0.2) is 5.15 Å². The molecule has 13 heavy (non-hydrogen) atoms. The predicted octanol–water partition coefficient (Wildman–Crippen LogP) is 0.362. The smallest absolute Gasteiger partial charge is 0.245 e. The van der Waals surface area contributed by atoms with Gasteiger partial charge in [0.2, 0.25) is 5.95 Å². The Labute approximate surface area is 80.7 Å². The lowest BCUT2D eigenvalue weighted by atomic mass is 10.4. The van der Waals surface area contributed by atoms with Gasteiger partial charge >= 0.3 is 0 Å². The van der Waals surface area contributed by atoms with E-state index in [4.69, 9.17) is 16.3 Å². The van der Waals surface area contributed by atoms with Gasteiger partial charge in [-0.3, -0.25) is 0 Å². The van der Waals surface area contributed by atoms with Crippen LogP contribution >= 0.6 is 11.6 Å². The lowest BCUT2D eigenvalue weighted by molar-refractivity contribution is 0.122. The molecule has 5 nitrogen and oxygen atoms in total. The zero-order valence-electron chi connectivity index (χ0n) is 6.98. The van der Waals surface area contributed by atoms with Gasteiger partial charge in [-0.25, -0.2) is 4.98 Å². The van der Waals surface area contributed by atoms with E-state index in [1.54, 1.807) is 0 Å². The van der Waals surface area contributed by atoms with Crippen LogP contribution in [0.25, 0.3) is 0 Å². The number of aromatic nitrogens is 3. The molecule has 0 atom stereocenters. The minimum atomic E-state index is 0.317. The Bertz CT molecular complexity index is 272. The molecule has 0 radical (unpaired) electrons. The highest BCUT2D eigenvalue weighted by Gasteiger charge is 2.13. The number of hydrogen-bond donors (Lipinski definition) is 0. The summed E-state index contributed by atoms with van der Waals surface area (Å²) in [4.78, 5) is 6.09. The van der Waals surface area contributed by atoms with Crippen molar-refractivity contribution in [1.82, 2.24) is 15.2 Å². The lowest BCUT2D eigenvalue weighted by Crippen LogP contribution is -2.37. The SMILES string of the molecule is Clc1cnc(N2CCOCC2)nn1. The summed E-state index contributed by atoms with van der Waals surface area (Å²) in [5.41, 5.74) is 0. The summed E-state index contributed by atoms with van der Waals surface area (Å²) in [6.45, 7) is 3.05. The van der Waals surface area contributed by atoms with Gasteiger partial charge in [-0.1, -0.05) is 11.6 Å². The second kappa shape index (κ2) is 3.85. The maximum Gasteiger partial charge on any atom is 0.245 e. The fraction of sp³-hybridized carbons (Fsp3) is 0.571. The summed E-state index contributed by atoms with van der Waals surface area (Å²) < 4.78 is 5.20. The number of halogens is 1. The number of nitrogens with zero attached hydrogens (tertiary/aromatic N) is 4. The molecule has 0 aliphatic carbocycles. The Morgan fingerprint density at radius 3 is 2.69 bits per heavy atom. The zero-order chi connectivity index (χ0) is 9.10. The first-order valence-electron chi connectivity index (χ1n) is 4.04. The Morgan fingerprint density at radius 1 is 1.31 bits per heavy atom. The average Bonchev–Trinajstić information content (AvgIpc) is 2.20. The predicted molar refractivity (Wildman–Crippen MR) is 47.9 cm³/mol. The Hall–Kier alpha value is -0.940. The van der Waals surface area contributed by atoms with Gasteiger partial charge in [-0.2, -0.15) is 0 Å². The quantitative estimate of drug-likeness (QED) is 0.655. The molecule has 1 aliphatic rings. The highest BCUT2D eigenvalue weighted by molar-refractivity contribution is 6.29. The summed E-state index contributed by atoms with van der Waals surface area (Å²) in [6, 6.07) is 0. The van der Waals surface area contributed by atoms with Crippen molar-refractivity contribution in [3.63, 3.8) is 0 Å². The Morgan fingerprint density at radius 2 is 2.08 bits per heavy atom. The van der Waals surface area contributed by atoms with Crippen molar-refractivity contribution < 1.29 is 4.74 Å². The second-order valence-corrected chi connectivity index (χ2v) is 3.07. The van der Waals surface area contributed by atoms with Gasteiger partial charge in [0, 0.05) is 13.1 Å². The molecule has 1 aliphatic heterocycles. The van der Waals surface area contributed by atoms with Crippen LogP contribution in [-0.4, -0.2) is 41.5 Å². The van der Waals surface area contributed by atoms with Crippen molar-refractivity contribution in [2.75, 3.05) is 31.2 Å². The monoisotopic (exact) mass is 200 g/mol. The molecule has 1 saturated heterocycles. The van der Waals surface area contributed by atoms with E-state index in [1.165, 1.54) is 6.20 Å². The van der Waals surface area contributed by atoms with Crippen LogP contribution in [0.1, 0.15) is 0 Å². The minimum Gasteiger partial charge on any atom is -0.378 e. The van der Waals surface area contributed by atoms with Crippen molar-refractivity contribution >= 4 is 17.5 Å². The van der Waals surface area contributed by atoms with Gasteiger partial charge < -0.3 is 9.64 Å². The molecule has 0 unspecified atom stereocenters. The molecule has 0 spiro atoms. The number of ether oxygens (including phenoxy) is 1. The highest BCUT2D eigenvalue weighted by Crippen LogP contribution is 2.08. The van der Waals surface area contributed by atoms with Crippen molar-refractivity contribution in [3.8, 4) is 0 Å². The van der Waals surface area contributed by atoms with E-state index in [0.717, 1.165) is 13.1 Å². The van der Waals surface area contributed by atoms with Crippen LogP contribution in [0.5, 0.6) is 0 Å². The first-order chi connectivity index (χ1) is 6.36. The van der Waals surface area contributed by atoms with Gasteiger partial charge in [0.1, 0.15) is 0 Å². The normalized spacial score (nSPS) is 17.5. The van der Waals surface area contributed by atoms with Crippen molar-refractivity contribution in [3.05, 3.63) is 11.3 Å². The van der Waals surface area contributed by atoms with Crippen molar-refractivity contribution in [2.45, 2.75) is 0 Å². The van der Waals surface area contributed by atoms with E-state index in [0.29, 0.717) is 24.3 Å². The third kappa shape index (κ3) is 2.05. The molecule has 0 bridgehead atoms. The first-order valence-corrected chi connectivity index (χ1v) is 4.42. The zero-order valence-corrected chi connectivity index (χ0v) is 7.74. The van der Waals surface area contributed by atoms with Crippen LogP contribution in [0.15, 0.2) is 6.20 Å². The largest absolute Gasteiger partial charge is 0.378 e. The van der Waals surface area contributed by atoms with Gasteiger partial charge in [-0.15, -0.1) is 10.2 Å². The Kier molecular flexibility index (Phi) is 2.56. The fourth-order valence-corrected chi connectivity index (χ4v) is 1.25. The Balaban J connectivity index is 2.10. The molecular weight excluding hydrogens is 192 g/mol. The van der Waals surface area contributed by atoms with E-state index in [2.05, 4.69) is 15.2 Å². The molecule has 1 aromatic heterocycles. The molecule has 2 heterocycles. The molecule has 70 valence electrons. The number of morpholine rings is 1. The molecule has 1 aromatic rings. The summed E-state index contributed by atoms with van der Waals surface area (Å²) in [5.74, 6) is 0.618. The molecular formula is C7H9ClN4O. The van der Waals surface area contributed by atoms with E-state index in [1.807, 2.05) is 4.90 Å². The van der Waals surface area contributed by atoms with E-state index in [9.17, 15) is 0 Å². The van der Waals surface area contributed by atoms with Crippen LogP contribution in [0.2, 0.25) is 5.15 Å². The maximum absolute atomic E-state index is 5.57. The van der Waals surface area contributed by atoms with Gasteiger partial charge in [0.25, 0.3) is 0 Å². The number of hydrogen-bond acceptors (Lipinski definition) is 5. The van der Waals surface area contributed by atoms with Crippen LogP contribution in [-0.2, 0) is 4.74 Å². The average molecular weight is 201 g/mol. The van der Waals surface area contributed by atoms with E-state index in [-0.39, 0.29) is 0 Å². The molecule has 0 aromatic carbocycles. The van der Waals surface area contributed by atoms with Crippen molar-refractivity contribution in [2.24, 2.45) is 0 Å². The van der Waals surface area contributed by atoms with E-state index >= 15 is 0 Å². The lowest BCUT2D eigenvalue weighted by Gasteiger charge is -2.25. The summed E-state index contributed by atoms with van der Waals surface area (Å²) in [6.07, 6.45) is 1.50. The van der Waals surface area contributed by atoms with Crippen LogP contribution in [0.4, 0.5) is 5.95 Å². The van der Waals surface area contributed by atoms with Crippen LogP contribution in [0.3, 0.4) is 0 Å². The molecule has 6 heteroatoms. The molecule has 2 rings (SSSR count). The third-order valence-corrected chi connectivity index (χ3v) is 1.99. The minimum absolute atomic E-state index is 0.317. The molecule has 0 N–H and O–H groups in total. The summed E-state index contributed by atoms with van der Waals surface area (Å²) >= 11 is 5.57. The summed E-state index contributed by atoms with van der Waals surface area (Å²) in [7, 11) is 0. The maximum atomic E-state index is 5.57. The second-order valence-electron chi connectivity index (χ2n) is 2.68. The fourth-order valence-electron chi connectivity index (χ4n) is 1.16.